The number of carboxylic acid groups (broad SMARTS) is 1. The van der Waals surface area contributed by atoms with Gasteiger partial charge in [0, 0.05) is 6.04 Å². The molecule has 2 fully saturated rings. The summed E-state index contributed by atoms with van der Waals surface area (Å²) in [5, 5.41) is 9.18. The average molecular weight is 225 g/mol. The van der Waals surface area contributed by atoms with Gasteiger partial charge in [0.15, 0.2) is 0 Å². The topological polar surface area (TPSA) is 40.5 Å². The maximum atomic E-state index is 11.1. The molecule has 0 aromatic heterocycles. The molecule has 3 heteroatoms. The van der Waals surface area contributed by atoms with Crippen molar-refractivity contribution in [1.82, 2.24) is 4.90 Å². The first-order valence-corrected chi connectivity index (χ1v) is 6.59. The van der Waals surface area contributed by atoms with Crippen LogP contribution >= 0.6 is 0 Å². The van der Waals surface area contributed by atoms with E-state index in [0.29, 0.717) is 0 Å². The molecule has 1 aliphatic heterocycles. The normalized spacial score (nSPS) is 27.8. The van der Waals surface area contributed by atoms with Crippen LogP contribution in [0.15, 0.2) is 0 Å². The van der Waals surface area contributed by atoms with E-state index in [1.165, 1.54) is 32.1 Å². The van der Waals surface area contributed by atoms with E-state index in [2.05, 4.69) is 4.90 Å². The molecule has 0 aromatic carbocycles. The van der Waals surface area contributed by atoms with E-state index in [9.17, 15) is 9.90 Å². The van der Waals surface area contributed by atoms with Crippen molar-refractivity contribution in [1.29, 1.82) is 0 Å². The second-order valence-electron chi connectivity index (χ2n) is 5.69. The molecule has 1 aliphatic carbocycles. The summed E-state index contributed by atoms with van der Waals surface area (Å²) >= 11 is 0. The van der Waals surface area contributed by atoms with Crippen LogP contribution in [0.4, 0.5) is 0 Å². The third kappa shape index (κ3) is 2.40. The zero-order valence-corrected chi connectivity index (χ0v) is 10.2. The van der Waals surface area contributed by atoms with Crippen molar-refractivity contribution in [3.05, 3.63) is 0 Å². The lowest BCUT2D eigenvalue weighted by molar-refractivity contribution is -0.151. The van der Waals surface area contributed by atoms with Crippen molar-refractivity contribution >= 4 is 5.97 Å². The predicted molar refractivity (Wildman–Crippen MR) is 63.4 cm³/mol. The quantitative estimate of drug-likeness (QED) is 0.785. The molecule has 2 aliphatic rings. The summed E-state index contributed by atoms with van der Waals surface area (Å²) in [6, 6.07) is 0.743. The third-order valence-electron chi connectivity index (χ3n) is 4.51. The number of hydrogen-bond acceptors (Lipinski definition) is 2. The van der Waals surface area contributed by atoms with Gasteiger partial charge < -0.3 is 10.0 Å². The van der Waals surface area contributed by atoms with Gasteiger partial charge in [0.05, 0.1) is 5.41 Å². The van der Waals surface area contributed by atoms with Crippen LogP contribution in [-0.2, 0) is 4.79 Å². The van der Waals surface area contributed by atoms with Crippen molar-refractivity contribution < 1.29 is 9.90 Å². The van der Waals surface area contributed by atoms with Crippen molar-refractivity contribution in [2.24, 2.45) is 5.41 Å². The molecule has 16 heavy (non-hydrogen) atoms. The first-order valence-electron chi connectivity index (χ1n) is 6.59. The summed E-state index contributed by atoms with van der Waals surface area (Å²) in [4.78, 5) is 13.7. The van der Waals surface area contributed by atoms with Gasteiger partial charge in [-0.05, 0) is 45.7 Å². The summed E-state index contributed by atoms with van der Waals surface area (Å²) in [6.07, 6.45) is 8.39. The van der Waals surface area contributed by atoms with E-state index in [0.717, 1.165) is 32.0 Å². The zero-order chi connectivity index (χ0) is 11.6. The second kappa shape index (κ2) is 4.74. The number of nitrogens with zero attached hydrogens (tertiary/aromatic N) is 1. The first-order chi connectivity index (χ1) is 7.62. The minimum absolute atomic E-state index is 0.467. The van der Waals surface area contributed by atoms with Crippen molar-refractivity contribution in [2.45, 2.75) is 57.9 Å². The van der Waals surface area contributed by atoms with E-state index < -0.39 is 11.4 Å². The van der Waals surface area contributed by atoms with Crippen LogP contribution in [0.25, 0.3) is 0 Å². The molecule has 0 amide bonds. The second-order valence-corrected chi connectivity index (χ2v) is 5.69. The highest BCUT2D eigenvalue weighted by Gasteiger charge is 2.38. The number of likely N-dealkylation sites (tertiary alicyclic amines) is 1. The Morgan fingerprint density at radius 3 is 2.25 bits per heavy atom. The van der Waals surface area contributed by atoms with Crippen LogP contribution in [0, 0.1) is 5.41 Å². The lowest BCUT2D eigenvalue weighted by Crippen LogP contribution is -2.47. The van der Waals surface area contributed by atoms with Gasteiger partial charge in [-0.3, -0.25) is 4.79 Å². The first kappa shape index (κ1) is 11.9. The minimum atomic E-state index is -0.615. The summed E-state index contributed by atoms with van der Waals surface area (Å²) in [6.45, 7) is 3.86. The molecule has 0 unspecified atom stereocenters. The van der Waals surface area contributed by atoms with Crippen molar-refractivity contribution in [3.63, 3.8) is 0 Å². The molecule has 1 N–H and O–H groups in total. The Morgan fingerprint density at radius 1 is 1.19 bits per heavy atom. The molecule has 1 heterocycles. The molecule has 0 spiro atoms. The highest BCUT2D eigenvalue weighted by Crippen LogP contribution is 2.34. The Kier molecular flexibility index (Phi) is 3.53. The number of aliphatic carboxylic acids is 1. The average Bonchev–Trinajstić information content (AvgIpc) is 2.31. The lowest BCUT2D eigenvalue weighted by Gasteiger charge is -2.41. The Bertz CT molecular complexity index is 251. The zero-order valence-electron chi connectivity index (χ0n) is 10.2. The maximum Gasteiger partial charge on any atom is 0.309 e. The number of hydrogen-bond donors (Lipinski definition) is 1. The molecule has 0 bridgehead atoms. The van der Waals surface area contributed by atoms with Crippen LogP contribution in [0.3, 0.4) is 0 Å². The fourth-order valence-electron chi connectivity index (χ4n) is 3.04. The maximum absolute atomic E-state index is 11.1. The summed E-state index contributed by atoms with van der Waals surface area (Å²) in [5.41, 5.74) is -0.467. The van der Waals surface area contributed by atoms with Gasteiger partial charge in [0.1, 0.15) is 0 Å². The molecule has 3 nitrogen and oxygen atoms in total. The van der Waals surface area contributed by atoms with Gasteiger partial charge in [0.2, 0.25) is 0 Å². The van der Waals surface area contributed by atoms with Crippen LogP contribution in [0.2, 0.25) is 0 Å². The fourth-order valence-corrected chi connectivity index (χ4v) is 3.04. The fraction of sp³-hybridized carbons (Fsp3) is 0.923. The van der Waals surface area contributed by atoms with Crippen molar-refractivity contribution in [2.75, 3.05) is 13.1 Å². The number of carboxylic acids is 1. The molecular weight excluding hydrogens is 202 g/mol. The number of carbonyl (C=O) groups is 1. The summed E-state index contributed by atoms with van der Waals surface area (Å²) < 4.78 is 0. The Hall–Kier alpha value is -0.570. The predicted octanol–water partition coefficient (Wildman–Crippen LogP) is 2.51. The van der Waals surface area contributed by atoms with Crippen LogP contribution < -0.4 is 0 Å². The van der Waals surface area contributed by atoms with Gasteiger partial charge in [-0.25, -0.2) is 0 Å². The molecule has 1 saturated heterocycles. The van der Waals surface area contributed by atoms with E-state index in [4.69, 9.17) is 0 Å². The molecular formula is C13H23NO2. The molecule has 1 saturated carbocycles. The Morgan fingerprint density at radius 2 is 1.75 bits per heavy atom. The van der Waals surface area contributed by atoms with Gasteiger partial charge in [-0.1, -0.05) is 19.3 Å². The minimum Gasteiger partial charge on any atom is -0.481 e. The smallest absolute Gasteiger partial charge is 0.309 e. The summed E-state index contributed by atoms with van der Waals surface area (Å²) in [7, 11) is 0. The molecule has 0 radical (unpaired) electrons. The van der Waals surface area contributed by atoms with Crippen LogP contribution in [-0.4, -0.2) is 35.1 Å². The molecule has 92 valence electrons. The number of piperidine rings is 1. The van der Waals surface area contributed by atoms with E-state index in [-0.39, 0.29) is 0 Å². The Balaban J connectivity index is 1.87. The SMILES string of the molecule is CC1(C(=O)O)CCN(C2CCCCC2)CC1. The molecule has 2 rings (SSSR count). The molecule has 0 atom stereocenters. The third-order valence-corrected chi connectivity index (χ3v) is 4.51. The van der Waals surface area contributed by atoms with Gasteiger partial charge >= 0.3 is 5.97 Å². The van der Waals surface area contributed by atoms with Crippen LogP contribution in [0.1, 0.15) is 51.9 Å². The van der Waals surface area contributed by atoms with E-state index in [1.807, 2.05) is 6.92 Å². The molecule has 0 aromatic rings. The standard InChI is InChI=1S/C13H23NO2/c1-13(12(15)16)7-9-14(10-8-13)11-5-3-2-4-6-11/h11H,2-10H2,1H3,(H,15,16). The van der Waals surface area contributed by atoms with Gasteiger partial charge in [-0.2, -0.15) is 0 Å². The van der Waals surface area contributed by atoms with Gasteiger partial charge in [-0.15, -0.1) is 0 Å². The van der Waals surface area contributed by atoms with Crippen LogP contribution in [0.5, 0.6) is 0 Å². The Labute approximate surface area is 97.8 Å². The highest BCUT2D eigenvalue weighted by atomic mass is 16.4. The van der Waals surface area contributed by atoms with Gasteiger partial charge in [0.25, 0.3) is 0 Å². The monoisotopic (exact) mass is 225 g/mol. The van der Waals surface area contributed by atoms with E-state index >= 15 is 0 Å². The largest absolute Gasteiger partial charge is 0.481 e. The number of rotatable bonds is 2. The summed E-state index contributed by atoms with van der Waals surface area (Å²) in [5.74, 6) is -0.615. The lowest BCUT2D eigenvalue weighted by atomic mass is 9.79. The highest BCUT2D eigenvalue weighted by molar-refractivity contribution is 5.74. The van der Waals surface area contributed by atoms with Crippen molar-refractivity contribution in [3.8, 4) is 0 Å². The van der Waals surface area contributed by atoms with E-state index in [1.54, 1.807) is 0 Å².